The number of anilines is 1. The van der Waals surface area contributed by atoms with Crippen molar-refractivity contribution >= 4 is 17.1 Å². The standard InChI is InChI=1S/C14H11F2N3O2/c1-9(11-8-10(15)6-7-12(11)16)17-18-13-4-2-3-5-14(13)19(20)21/h2-8,18H,1H3/b17-9-. The number of hydrogen-bond acceptors (Lipinski definition) is 4. The molecule has 0 aliphatic rings. The molecule has 21 heavy (non-hydrogen) atoms. The number of para-hydroxylation sites is 2. The van der Waals surface area contributed by atoms with E-state index < -0.39 is 16.6 Å². The quantitative estimate of drug-likeness (QED) is 0.530. The molecule has 2 aromatic carbocycles. The van der Waals surface area contributed by atoms with Crippen LogP contribution in [0.1, 0.15) is 12.5 Å². The molecule has 5 nitrogen and oxygen atoms in total. The van der Waals surface area contributed by atoms with Crippen LogP contribution in [-0.2, 0) is 0 Å². The molecule has 0 aliphatic heterocycles. The summed E-state index contributed by atoms with van der Waals surface area (Å²) < 4.78 is 26.7. The first kappa shape index (κ1) is 14.6. The Balaban J connectivity index is 2.29. The highest BCUT2D eigenvalue weighted by Crippen LogP contribution is 2.23. The fourth-order valence-electron chi connectivity index (χ4n) is 1.71. The Morgan fingerprint density at radius 2 is 1.95 bits per heavy atom. The molecule has 0 aromatic heterocycles. The minimum atomic E-state index is -0.623. The SMILES string of the molecule is C/C(=N/Nc1ccccc1[N+](=O)[O-])c1cc(F)ccc1F. The average Bonchev–Trinajstić information content (AvgIpc) is 2.47. The van der Waals surface area contributed by atoms with E-state index in [1.165, 1.54) is 25.1 Å². The minimum Gasteiger partial charge on any atom is -0.271 e. The number of hydrazone groups is 1. The molecule has 0 radical (unpaired) electrons. The van der Waals surface area contributed by atoms with E-state index in [2.05, 4.69) is 10.5 Å². The second-order valence-corrected chi connectivity index (χ2v) is 4.21. The molecule has 0 spiro atoms. The van der Waals surface area contributed by atoms with Crippen LogP contribution >= 0.6 is 0 Å². The number of hydrogen-bond donors (Lipinski definition) is 1. The molecule has 0 saturated carbocycles. The molecule has 0 unspecified atom stereocenters. The van der Waals surface area contributed by atoms with Crippen LogP contribution in [0.3, 0.4) is 0 Å². The van der Waals surface area contributed by atoms with Crippen LogP contribution in [0.5, 0.6) is 0 Å². The van der Waals surface area contributed by atoms with Gasteiger partial charge < -0.3 is 0 Å². The molecule has 0 saturated heterocycles. The summed E-state index contributed by atoms with van der Waals surface area (Å²) in [6.07, 6.45) is 0. The normalized spacial score (nSPS) is 11.3. The number of nitrogens with zero attached hydrogens (tertiary/aromatic N) is 2. The van der Waals surface area contributed by atoms with E-state index >= 15 is 0 Å². The molecule has 0 fully saturated rings. The fourth-order valence-corrected chi connectivity index (χ4v) is 1.71. The summed E-state index contributed by atoms with van der Waals surface area (Å²) in [5.41, 5.74) is 2.66. The van der Waals surface area contributed by atoms with Gasteiger partial charge in [0.05, 0.1) is 10.6 Å². The highest BCUT2D eigenvalue weighted by Gasteiger charge is 2.12. The van der Waals surface area contributed by atoms with E-state index in [0.717, 1.165) is 18.2 Å². The first-order valence-electron chi connectivity index (χ1n) is 5.98. The topological polar surface area (TPSA) is 67.5 Å². The van der Waals surface area contributed by atoms with Crippen molar-refractivity contribution in [2.75, 3.05) is 5.43 Å². The van der Waals surface area contributed by atoms with E-state index in [1.54, 1.807) is 6.07 Å². The smallest absolute Gasteiger partial charge is 0.271 e. The first-order chi connectivity index (χ1) is 9.99. The van der Waals surface area contributed by atoms with Crippen LogP contribution in [0.2, 0.25) is 0 Å². The molecular weight excluding hydrogens is 280 g/mol. The predicted octanol–water partition coefficient (Wildman–Crippen LogP) is 3.71. The average molecular weight is 291 g/mol. The van der Waals surface area contributed by atoms with E-state index in [0.29, 0.717) is 0 Å². The number of benzene rings is 2. The van der Waals surface area contributed by atoms with Crippen LogP contribution < -0.4 is 5.43 Å². The Kier molecular flexibility index (Phi) is 4.22. The van der Waals surface area contributed by atoms with Crippen molar-refractivity contribution in [1.82, 2.24) is 0 Å². The Bertz CT molecular complexity index is 717. The van der Waals surface area contributed by atoms with Gasteiger partial charge in [-0.3, -0.25) is 15.5 Å². The monoisotopic (exact) mass is 291 g/mol. The lowest BCUT2D eigenvalue weighted by molar-refractivity contribution is -0.384. The van der Waals surface area contributed by atoms with E-state index in [1.807, 2.05) is 0 Å². The summed E-state index contributed by atoms with van der Waals surface area (Å²) in [5, 5.41) is 14.7. The van der Waals surface area contributed by atoms with Crippen LogP contribution in [-0.4, -0.2) is 10.6 Å². The molecule has 7 heteroatoms. The minimum absolute atomic E-state index is 0.0129. The maximum atomic E-state index is 13.6. The van der Waals surface area contributed by atoms with Crippen molar-refractivity contribution in [2.24, 2.45) is 5.10 Å². The lowest BCUT2D eigenvalue weighted by atomic mass is 10.1. The second kappa shape index (κ2) is 6.08. The van der Waals surface area contributed by atoms with Crippen molar-refractivity contribution in [3.8, 4) is 0 Å². The highest BCUT2D eigenvalue weighted by atomic mass is 19.1. The van der Waals surface area contributed by atoms with Gasteiger partial charge in [-0.05, 0) is 31.2 Å². The van der Waals surface area contributed by atoms with Gasteiger partial charge in [0.15, 0.2) is 0 Å². The molecule has 0 atom stereocenters. The van der Waals surface area contributed by atoms with E-state index in [9.17, 15) is 18.9 Å². The van der Waals surface area contributed by atoms with E-state index in [-0.39, 0.29) is 22.6 Å². The Hall–Kier alpha value is -2.83. The van der Waals surface area contributed by atoms with Gasteiger partial charge in [0.2, 0.25) is 0 Å². The number of nitrogens with one attached hydrogen (secondary N) is 1. The zero-order chi connectivity index (χ0) is 15.4. The van der Waals surface area contributed by atoms with Gasteiger partial charge in [-0.2, -0.15) is 5.10 Å². The second-order valence-electron chi connectivity index (χ2n) is 4.21. The third-order valence-corrected chi connectivity index (χ3v) is 2.76. The number of rotatable bonds is 4. The number of halogens is 2. The Labute approximate surface area is 119 Å². The molecule has 2 aromatic rings. The maximum Gasteiger partial charge on any atom is 0.294 e. The Morgan fingerprint density at radius 1 is 1.24 bits per heavy atom. The highest BCUT2D eigenvalue weighted by molar-refractivity contribution is 5.99. The van der Waals surface area contributed by atoms with Gasteiger partial charge in [0.1, 0.15) is 17.3 Å². The van der Waals surface area contributed by atoms with Crippen molar-refractivity contribution in [3.05, 3.63) is 69.8 Å². The largest absolute Gasteiger partial charge is 0.294 e. The Morgan fingerprint density at radius 3 is 2.67 bits per heavy atom. The third kappa shape index (κ3) is 3.38. The summed E-state index contributed by atoms with van der Waals surface area (Å²) in [5.74, 6) is -1.21. The molecule has 2 rings (SSSR count). The number of nitro benzene ring substituents is 1. The van der Waals surface area contributed by atoms with Crippen molar-refractivity contribution in [2.45, 2.75) is 6.92 Å². The van der Waals surface area contributed by atoms with Crippen LogP contribution in [0.25, 0.3) is 0 Å². The summed E-state index contributed by atoms with van der Waals surface area (Å²) in [6.45, 7) is 1.47. The molecule has 108 valence electrons. The summed E-state index contributed by atoms with van der Waals surface area (Å²) in [4.78, 5) is 10.3. The molecule has 1 N–H and O–H groups in total. The molecule has 0 bridgehead atoms. The molecule has 0 heterocycles. The van der Waals surface area contributed by atoms with Crippen LogP contribution in [0.4, 0.5) is 20.2 Å². The zero-order valence-electron chi connectivity index (χ0n) is 11.0. The van der Waals surface area contributed by atoms with Gasteiger partial charge >= 0.3 is 0 Å². The lowest BCUT2D eigenvalue weighted by Crippen LogP contribution is -2.04. The molecule has 0 amide bonds. The third-order valence-electron chi connectivity index (χ3n) is 2.76. The number of nitro groups is 1. The maximum absolute atomic E-state index is 13.6. The van der Waals surface area contributed by atoms with Crippen LogP contribution in [0, 0.1) is 21.7 Å². The predicted molar refractivity (Wildman–Crippen MR) is 75.3 cm³/mol. The van der Waals surface area contributed by atoms with Crippen molar-refractivity contribution < 1.29 is 13.7 Å². The van der Waals surface area contributed by atoms with Gasteiger partial charge in [-0.15, -0.1) is 0 Å². The van der Waals surface area contributed by atoms with Gasteiger partial charge in [-0.25, -0.2) is 8.78 Å². The summed E-state index contributed by atoms with van der Waals surface area (Å²) in [7, 11) is 0. The van der Waals surface area contributed by atoms with Crippen molar-refractivity contribution in [3.63, 3.8) is 0 Å². The summed E-state index contributed by atoms with van der Waals surface area (Å²) in [6, 6.07) is 8.91. The fraction of sp³-hybridized carbons (Fsp3) is 0.0714. The van der Waals surface area contributed by atoms with Crippen LogP contribution in [0.15, 0.2) is 47.6 Å². The van der Waals surface area contributed by atoms with Gasteiger partial charge in [0, 0.05) is 11.6 Å². The van der Waals surface area contributed by atoms with Crippen molar-refractivity contribution in [1.29, 1.82) is 0 Å². The lowest BCUT2D eigenvalue weighted by Gasteiger charge is -2.05. The van der Waals surface area contributed by atoms with E-state index in [4.69, 9.17) is 0 Å². The zero-order valence-corrected chi connectivity index (χ0v) is 11.0. The van der Waals surface area contributed by atoms with Gasteiger partial charge in [-0.1, -0.05) is 12.1 Å². The molecule has 0 aliphatic carbocycles. The first-order valence-corrected chi connectivity index (χ1v) is 5.98. The van der Waals surface area contributed by atoms with Gasteiger partial charge in [0.25, 0.3) is 5.69 Å². The summed E-state index contributed by atoms with van der Waals surface area (Å²) >= 11 is 0. The molecular formula is C14H11F2N3O2.